The Morgan fingerprint density at radius 2 is 1.91 bits per heavy atom. The smallest absolute Gasteiger partial charge is 0.239 e. The Balaban J connectivity index is 1.84. The summed E-state index contributed by atoms with van der Waals surface area (Å²) in [7, 11) is 0. The number of hydrogen-bond donors (Lipinski definition) is 2. The van der Waals surface area contributed by atoms with Crippen molar-refractivity contribution >= 4 is 11.8 Å². The molecule has 1 aliphatic rings. The van der Waals surface area contributed by atoms with Crippen molar-refractivity contribution in [1.29, 1.82) is 0 Å². The van der Waals surface area contributed by atoms with Crippen LogP contribution in [0.5, 0.6) is 0 Å². The molecule has 126 valence electrons. The van der Waals surface area contributed by atoms with Crippen molar-refractivity contribution in [3.63, 3.8) is 0 Å². The fraction of sp³-hybridized carbons (Fsp3) is 0.556. The molecular weight excluding hydrogens is 290 g/mol. The lowest BCUT2D eigenvalue weighted by molar-refractivity contribution is -0.129. The average molecular weight is 317 g/mol. The minimum absolute atomic E-state index is 0.0335. The van der Waals surface area contributed by atoms with Gasteiger partial charge in [-0.3, -0.25) is 14.5 Å². The Morgan fingerprint density at radius 3 is 2.57 bits per heavy atom. The molecule has 1 aromatic rings. The van der Waals surface area contributed by atoms with Crippen molar-refractivity contribution in [2.24, 2.45) is 0 Å². The molecule has 5 heteroatoms. The lowest BCUT2D eigenvalue weighted by Gasteiger charge is -2.24. The van der Waals surface area contributed by atoms with Crippen LogP contribution in [0.15, 0.2) is 30.3 Å². The number of likely N-dealkylation sites (tertiary alicyclic amines) is 1. The molecule has 0 radical (unpaired) electrons. The van der Waals surface area contributed by atoms with Crippen LogP contribution in [0.1, 0.15) is 39.2 Å². The third-order valence-corrected chi connectivity index (χ3v) is 3.83. The fourth-order valence-electron chi connectivity index (χ4n) is 2.88. The van der Waals surface area contributed by atoms with Crippen LogP contribution < -0.4 is 10.6 Å². The third-order valence-electron chi connectivity index (χ3n) is 3.83. The maximum Gasteiger partial charge on any atom is 0.239 e. The van der Waals surface area contributed by atoms with E-state index in [1.807, 2.05) is 39.0 Å². The molecule has 1 atom stereocenters. The number of benzene rings is 1. The topological polar surface area (TPSA) is 61.4 Å². The molecule has 2 rings (SSSR count). The quantitative estimate of drug-likeness (QED) is 0.868. The molecule has 1 aromatic carbocycles. The van der Waals surface area contributed by atoms with Gasteiger partial charge in [-0.15, -0.1) is 0 Å². The molecule has 0 aliphatic carbocycles. The second kappa shape index (κ2) is 7.59. The highest BCUT2D eigenvalue weighted by molar-refractivity contribution is 5.87. The predicted octanol–water partition coefficient (Wildman–Crippen LogP) is 1.68. The summed E-state index contributed by atoms with van der Waals surface area (Å²) in [6.07, 6.45) is 1.86. The molecule has 0 aromatic heterocycles. The van der Waals surface area contributed by atoms with Crippen molar-refractivity contribution in [1.82, 2.24) is 15.5 Å². The molecule has 1 fully saturated rings. The molecule has 0 spiro atoms. The van der Waals surface area contributed by atoms with E-state index in [4.69, 9.17) is 0 Å². The Labute approximate surface area is 138 Å². The summed E-state index contributed by atoms with van der Waals surface area (Å²) in [4.78, 5) is 26.4. The van der Waals surface area contributed by atoms with Gasteiger partial charge in [0, 0.05) is 12.1 Å². The van der Waals surface area contributed by atoms with Crippen LogP contribution in [0.2, 0.25) is 0 Å². The highest BCUT2D eigenvalue weighted by Crippen LogP contribution is 2.20. The van der Waals surface area contributed by atoms with Crippen LogP contribution >= 0.6 is 0 Å². The number of rotatable bonds is 5. The molecule has 0 unspecified atom stereocenters. The van der Waals surface area contributed by atoms with Gasteiger partial charge in [-0.25, -0.2) is 0 Å². The van der Waals surface area contributed by atoms with Crippen LogP contribution in [0.3, 0.4) is 0 Å². The highest BCUT2D eigenvalue weighted by atomic mass is 16.2. The van der Waals surface area contributed by atoms with Gasteiger partial charge in [0.2, 0.25) is 11.8 Å². The maximum atomic E-state index is 12.4. The third kappa shape index (κ3) is 5.67. The van der Waals surface area contributed by atoms with Gasteiger partial charge in [0.05, 0.1) is 12.6 Å². The van der Waals surface area contributed by atoms with E-state index in [9.17, 15) is 9.59 Å². The molecular formula is C18H27N3O2. The van der Waals surface area contributed by atoms with Crippen LogP contribution in [0.4, 0.5) is 0 Å². The molecule has 2 amide bonds. The van der Waals surface area contributed by atoms with E-state index in [0.717, 1.165) is 25.9 Å². The largest absolute Gasteiger partial charge is 0.350 e. The van der Waals surface area contributed by atoms with E-state index in [1.54, 1.807) is 0 Å². The molecule has 1 heterocycles. The molecule has 0 saturated carbocycles. The Morgan fingerprint density at radius 1 is 1.22 bits per heavy atom. The summed E-state index contributed by atoms with van der Waals surface area (Å²) < 4.78 is 0. The van der Waals surface area contributed by atoms with Crippen molar-refractivity contribution in [3.8, 4) is 0 Å². The number of hydrogen-bond acceptors (Lipinski definition) is 3. The zero-order valence-corrected chi connectivity index (χ0v) is 14.3. The minimum atomic E-state index is -0.283. The van der Waals surface area contributed by atoms with E-state index in [1.165, 1.54) is 5.56 Å². The van der Waals surface area contributed by atoms with Gasteiger partial charge in [0.15, 0.2) is 0 Å². The SMILES string of the molecule is CC(C)(C)NC(=O)CNC(=O)[C@H]1CCCN1Cc1ccccc1. The summed E-state index contributed by atoms with van der Waals surface area (Å²) in [6, 6.07) is 10.0. The van der Waals surface area contributed by atoms with Crippen LogP contribution in [-0.2, 0) is 16.1 Å². The lowest BCUT2D eigenvalue weighted by atomic mass is 10.1. The predicted molar refractivity (Wildman–Crippen MR) is 90.8 cm³/mol. The first kappa shape index (κ1) is 17.5. The van der Waals surface area contributed by atoms with Crippen molar-refractivity contribution in [3.05, 3.63) is 35.9 Å². The van der Waals surface area contributed by atoms with Gasteiger partial charge in [0.1, 0.15) is 0 Å². The van der Waals surface area contributed by atoms with Crippen molar-refractivity contribution in [2.75, 3.05) is 13.1 Å². The van der Waals surface area contributed by atoms with Crippen molar-refractivity contribution < 1.29 is 9.59 Å². The second-order valence-electron chi connectivity index (χ2n) is 7.13. The van der Waals surface area contributed by atoms with Gasteiger partial charge in [0.25, 0.3) is 0 Å². The van der Waals surface area contributed by atoms with Gasteiger partial charge in [-0.05, 0) is 45.7 Å². The first-order valence-corrected chi connectivity index (χ1v) is 8.22. The summed E-state index contributed by atoms with van der Waals surface area (Å²) in [5.41, 5.74) is 0.923. The molecule has 0 bridgehead atoms. The normalized spacial score (nSPS) is 18.7. The number of amides is 2. The van der Waals surface area contributed by atoms with Gasteiger partial charge in [-0.2, -0.15) is 0 Å². The van der Waals surface area contributed by atoms with Crippen LogP contribution in [-0.4, -0.2) is 41.4 Å². The monoisotopic (exact) mass is 317 g/mol. The van der Waals surface area contributed by atoms with Gasteiger partial charge >= 0.3 is 0 Å². The molecule has 23 heavy (non-hydrogen) atoms. The first-order chi connectivity index (χ1) is 10.8. The maximum absolute atomic E-state index is 12.4. The first-order valence-electron chi connectivity index (χ1n) is 8.22. The van der Waals surface area contributed by atoms with Crippen molar-refractivity contribution in [2.45, 2.75) is 51.7 Å². The van der Waals surface area contributed by atoms with E-state index in [2.05, 4.69) is 27.7 Å². The zero-order valence-electron chi connectivity index (χ0n) is 14.3. The minimum Gasteiger partial charge on any atom is -0.350 e. The highest BCUT2D eigenvalue weighted by Gasteiger charge is 2.30. The van der Waals surface area contributed by atoms with E-state index in [0.29, 0.717) is 0 Å². The van der Waals surface area contributed by atoms with E-state index in [-0.39, 0.29) is 29.9 Å². The van der Waals surface area contributed by atoms with Gasteiger partial charge in [-0.1, -0.05) is 30.3 Å². The molecule has 1 aliphatic heterocycles. The van der Waals surface area contributed by atoms with E-state index >= 15 is 0 Å². The number of carbonyl (C=O) groups is 2. The van der Waals surface area contributed by atoms with Crippen LogP contribution in [0, 0.1) is 0 Å². The number of nitrogens with zero attached hydrogens (tertiary/aromatic N) is 1. The Kier molecular flexibility index (Phi) is 5.77. The summed E-state index contributed by atoms with van der Waals surface area (Å²) >= 11 is 0. The summed E-state index contributed by atoms with van der Waals surface area (Å²) in [5, 5.41) is 5.62. The van der Waals surface area contributed by atoms with Crippen LogP contribution in [0.25, 0.3) is 0 Å². The lowest BCUT2D eigenvalue weighted by Crippen LogP contribution is -2.49. The number of nitrogens with one attached hydrogen (secondary N) is 2. The molecule has 5 nitrogen and oxygen atoms in total. The summed E-state index contributed by atoms with van der Waals surface area (Å²) in [6.45, 7) is 7.49. The zero-order chi connectivity index (χ0) is 16.9. The fourth-order valence-corrected chi connectivity index (χ4v) is 2.88. The average Bonchev–Trinajstić information content (AvgIpc) is 2.92. The second-order valence-corrected chi connectivity index (χ2v) is 7.13. The Hall–Kier alpha value is -1.88. The Bertz CT molecular complexity index is 537. The standard InChI is InChI=1S/C18H27N3O2/c1-18(2,3)20-16(22)12-19-17(23)15-10-7-11-21(15)13-14-8-5-4-6-9-14/h4-6,8-9,15H,7,10-13H2,1-3H3,(H,19,23)(H,20,22)/t15-/m1/s1. The molecule has 1 saturated heterocycles. The van der Waals surface area contributed by atoms with E-state index < -0.39 is 0 Å². The molecule has 2 N–H and O–H groups in total. The van der Waals surface area contributed by atoms with Gasteiger partial charge < -0.3 is 10.6 Å². The number of carbonyl (C=O) groups excluding carboxylic acids is 2. The summed E-state index contributed by atoms with van der Waals surface area (Å²) in [5.74, 6) is -0.207.